The monoisotopic (exact) mass is 396 g/mol. The first-order valence-electron chi connectivity index (χ1n) is 6.59. The molecule has 0 atom stereocenters. The van der Waals surface area contributed by atoms with Crippen molar-refractivity contribution in [1.29, 1.82) is 0 Å². The fraction of sp³-hybridized carbons (Fsp3) is 0. The van der Waals surface area contributed by atoms with Gasteiger partial charge >= 0.3 is 11.9 Å². The molecule has 0 saturated heterocycles. The number of carbonyl (C=O) groups is 2. The van der Waals surface area contributed by atoms with Crippen LogP contribution in [0.2, 0.25) is 0 Å². The van der Waals surface area contributed by atoms with E-state index in [1.165, 1.54) is 18.2 Å². The first-order valence-corrected chi connectivity index (χ1v) is 8.74. The van der Waals surface area contributed by atoms with Crippen LogP contribution >= 0.6 is 21.6 Å². The van der Waals surface area contributed by atoms with Gasteiger partial charge in [-0.3, -0.25) is 20.2 Å². The number of nitro groups is 2. The maximum atomic E-state index is 11.2. The lowest BCUT2D eigenvalue weighted by molar-refractivity contribution is -0.388. The van der Waals surface area contributed by atoms with E-state index in [9.17, 15) is 29.8 Å². The number of para-hydroxylation sites is 1. The molecule has 0 saturated carbocycles. The number of aromatic carboxylic acids is 2. The summed E-state index contributed by atoms with van der Waals surface area (Å²) in [6.07, 6.45) is 0. The third-order valence-corrected chi connectivity index (χ3v) is 5.44. The van der Waals surface area contributed by atoms with Crippen molar-refractivity contribution in [1.82, 2.24) is 0 Å². The number of carboxylic acids is 2. The van der Waals surface area contributed by atoms with Gasteiger partial charge < -0.3 is 10.2 Å². The van der Waals surface area contributed by atoms with Crippen molar-refractivity contribution in [2.24, 2.45) is 0 Å². The molecule has 2 aromatic carbocycles. The smallest absolute Gasteiger partial charge is 0.342 e. The standard InChI is InChI=1S/C14H8N2O8S2/c17-13(18)8-2-1-3-11(12(8)16(23)24)26-25-7-4-5-10(15(21)22)9(6-7)14(19)20/h1-6H,(H,17,18)(H,19,20). The summed E-state index contributed by atoms with van der Waals surface area (Å²) in [5.41, 5.74) is -2.16. The molecular weight excluding hydrogens is 388 g/mol. The van der Waals surface area contributed by atoms with Crippen LogP contribution in [0.15, 0.2) is 46.2 Å². The Kier molecular flexibility index (Phi) is 5.79. The van der Waals surface area contributed by atoms with Crippen molar-refractivity contribution in [2.75, 3.05) is 0 Å². The second kappa shape index (κ2) is 7.84. The molecule has 0 amide bonds. The predicted octanol–water partition coefficient (Wildman–Crippen LogP) is 3.70. The zero-order valence-corrected chi connectivity index (χ0v) is 14.2. The molecule has 26 heavy (non-hydrogen) atoms. The maximum absolute atomic E-state index is 11.2. The van der Waals surface area contributed by atoms with Crippen LogP contribution < -0.4 is 0 Å². The minimum Gasteiger partial charge on any atom is -0.477 e. The largest absolute Gasteiger partial charge is 0.477 e. The van der Waals surface area contributed by atoms with Crippen molar-refractivity contribution in [2.45, 2.75) is 9.79 Å². The quantitative estimate of drug-likeness (QED) is 0.401. The average Bonchev–Trinajstić information content (AvgIpc) is 2.58. The summed E-state index contributed by atoms with van der Waals surface area (Å²) in [4.78, 5) is 43.0. The molecule has 0 aromatic heterocycles. The minimum atomic E-state index is -1.48. The summed E-state index contributed by atoms with van der Waals surface area (Å²) >= 11 is 0. The molecule has 134 valence electrons. The maximum Gasteiger partial charge on any atom is 0.342 e. The van der Waals surface area contributed by atoms with Crippen molar-refractivity contribution >= 4 is 44.9 Å². The van der Waals surface area contributed by atoms with Crippen LogP contribution in [0, 0.1) is 20.2 Å². The number of carboxylic acid groups (broad SMARTS) is 2. The number of rotatable bonds is 7. The van der Waals surface area contributed by atoms with Crippen LogP contribution in [0.25, 0.3) is 0 Å². The molecule has 2 rings (SSSR count). The van der Waals surface area contributed by atoms with E-state index in [0.717, 1.165) is 39.8 Å². The fourth-order valence-corrected chi connectivity index (χ4v) is 4.09. The number of benzene rings is 2. The van der Waals surface area contributed by atoms with Gasteiger partial charge in [-0.05, 0) is 35.1 Å². The summed E-state index contributed by atoms with van der Waals surface area (Å²) < 4.78 is 0. The second-order valence-electron chi connectivity index (χ2n) is 4.62. The minimum absolute atomic E-state index is 0.0510. The Labute approximate surface area is 152 Å². The van der Waals surface area contributed by atoms with Crippen LogP contribution in [-0.4, -0.2) is 32.0 Å². The molecule has 0 aliphatic heterocycles. The van der Waals surface area contributed by atoms with Crippen LogP contribution in [0.4, 0.5) is 11.4 Å². The molecule has 0 unspecified atom stereocenters. The molecule has 10 nitrogen and oxygen atoms in total. The molecular formula is C14H8N2O8S2. The number of nitrogens with zero attached hydrogens (tertiary/aromatic N) is 2. The summed E-state index contributed by atoms with van der Waals surface area (Å²) in [5, 5.41) is 40.1. The van der Waals surface area contributed by atoms with E-state index in [1.54, 1.807) is 0 Å². The highest BCUT2D eigenvalue weighted by Gasteiger charge is 2.25. The molecule has 0 spiro atoms. The van der Waals surface area contributed by atoms with Gasteiger partial charge in [0, 0.05) is 11.0 Å². The van der Waals surface area contributed by atoms with Gasteiger partial charge in [0.25, 0.3) is 11.4 Å². The van der Waals surface area contributed by atoms with E-state index >= 15 is 0 Å². The number of hydrogen-bond acceptors (Lipinski definition) is 8. The van der Waals surface area contributed by atoms with E-state index in [1.807, 2.05) is 0 Å². The van der Waals surface area contributed by atoms with E-state index in [0.29, 0.717) is 4.90 Å². The molecule has 0 heterocycles. The zero-order valence-electron chi connectivity index (χ0n) is 12.5. The van der Waals surface area contributed by atoms with E-state index in [2.05, 4.69) is 0 Å². The Morgan fingerprint density at radius 3 is 2.08 bits per heavy atom. The molecule has 12 heteroatoms. The van der Waals surface area contributed by atoms with Crippen molar-refractivity contribution in [3.8, 4) is 0 Å². The zero-order chi connectivity index (χ0) is 19.4. The molecule has 0 bridgehead atoms. The Hall–Kier alpha value is -3.12. The van der Waals surface area contributed by atoms with Gasteiger partial charge in [0.2, 0.25) is 0 Å². The molecule has 2 aromatic rings. The van der Waals surface area contributed by atoms with Crippen molar-refractivity contribution in [3.63, 3.8) is 0 Å². The third kappa shape index (κ3) is 4.10. The third-order valence-electron chi connectivity index (χ3n) is 3.03. The Bertz CT molecular complexity index is 931. The van der Waals surface area contributed by atoms with Crippen LogP contribution in [0.5, 0.6) is 0 Å². The summed E-state index contributed by atoms with van der Waals surface area (Å²) in [6, 6.07) is 7.20. The fourth-order valence-electron chi connectivity index (χ4n) is 1.94. The van der Waals surface area contributed by atoms with Crippen LogP contribution in [0.1, 0.15) is 20.7 Å². The van der Waals surface area contributed by atoms with E-state index in [-0.39, 0.29) is 4.90 Å². The van der Waals surface area contributed by atoms with Crippen molar-refractivity contribution < 1.29 is 29.6 Å². The van der Waals surface area contributed by atoms with Gasteiger partial charge in [-0.15, -0.1) is 0 Å². The highest BCUT2D eigenvalue weighted by molar-refractivity contribution is 8.76. The van der Waals surface area contributed by atoms with E-state index in [4.69, 9.17) is 10.2 Å². The van der Waals surface area contributed by atoms with Gasteiger partial charge in [0.05, 0.1) is 14.7 Å². The Morgan fingerprint density at radius 2 is 1.54 bits per heavy atom. The molecule has 0 aliphatic rings. The van der Waals surface area contributed by atoms with Gasteiger partial charge in [-0.25, -0.2) is 9.59 Å². The van der Waals surface area contributed by atoms with Crippen molar-refractivity contribution in [3.05, 3.63) is 67.8 Å². The Balaban J connectivity index is 2.35. The summed E-state index contributed by atoms with van der Waals surface area (Å²) in [6.45, 7) is 0. The van der Waals surface area contributed by atoms with Gasteiger partial charge in [0.1, 0.15) is 11.1 Å². The predicted molar refractivity (Wildman–Crippen MR) is 91.8 cm³/mol. The highest BCUT2D eigenvalue weighted by Crippen LogP contribution is 2.43. The molecule has 2 N–H and O–H groups in total. The van der Waals surface area contributed by atoms with Crippen LogP contribution in [-0.2, 0) is 0 Å². The molecule has 0 fully saturated rings. The summed E-state index contributed by atoms with van der Waals surface area (Å²) in [5.74, 6) is -2.93. The first-order chi connectivity index (χ1) is 12.2. The lowest BCUT2D eigenvalue weighted by atomic mass is 10.2. The average molecular weight is 396 g/mol. The van der Waals surface area contributed by atoms with Gasteiger partial charge in [0.15, 0.2) is 0 Å². The topological polar surface area (TPSA) is 161 Å². The highest BCUT2D eigenvalue weighted by atomic mass is 33.1. The van der Waals surface area contributed by atoms with Gasteiger partial charge in [-0.2, -0.15) is 0 Å². The van der Waals surface area contributed by atoms with E-state index < -0.39 is 44.3 Å². The second-order valence-corrected chi connectivity index (χ2v) is 6.87. The Morgan fingerprint density at radius 1 is 0.885 bits per heavy atom. The van der Waals surface area contributed by atoms with Crippen LogP contribution in [0.3, 0.4) is 0 Å². The molecule has 0 radical (unpaired) electrons. The normalized spacial score (nSPS) is 10.3. The summed E-state index contributed by atoms with van der Waals surface area (Å²) in [7, 11) is 1.75. The SMILES string of the molecule is O=C(O)c1cc(SSc2cccc(C(=O)O)c2[N+](=O)[O-])ccc1[N+](=O)[O-]. The first kappa shape index (κ1) is 19.2. The number of nitro benzene ring substituents is 2. The van der Waals surface area contributed by atoms with Gasteiger partial charge in [-0.1, -0.05) is 16.9 Å². The lowest BCUT2D eigenvalue weighted by Gasteiger charge is -2.06. The number of hydrogen-bond donors (Lipinski definition) is 2. The molecule has 0 aliphatic carbocycles. The lowest BCUT2D eigenvalue weighted by Crippen LogP contribution is -2.03.